The third-order valence-electron chi connectivity index (χ3n) is 9.64. The molecule has 0 aliphatic carbocycles. The number of aliphatic imine (C=N–C) groups is 2. The molecule has 3 heterocycles. The smallest absolute Gasteiger partial charge is 0.159 e. The maximum atomic E-state index is 5.21. The fourth-order valence-electron chi connectivity index (χ4n) is 7.40. The van der Waals surface area contributed by atoms with Gasteiger partial charge in [0.15, 0.2) is 5.84 Å². The molecular formula is C45H30N4S. The van der Waals surface area contributed by atoms with Gasteiger partial charge < -0.3 is 9.88 Å². The molecule has 0 bridgehead atoms. The molecular weight excluding hydrogens is 629 g/mol. The molecule has 1 unspecified atom stereocenters. The first kappa shape index (κ1) is 28.7. The maximum absolute atomic E-state index is 5.21. The summed E-state index contributed by atoms with van der Waals surface area (Å²) in [4.78, 5) is 10.3. The van der Waals surface area contributed by atoms with Crippen LogP contribution >= 0.6 is 11.3 Å². The lowest BCUT2D eigenvalue weighted by molar-refractivity contribution is 0.674. The molecule has 0 radical (unpaired) electrons. The predicted molar refractivity (Wildman–Crippen MR) is 211 cm³/mol. The molecule has 236 valence electrons. The standard InChI is InChI=1S/C45H30N4S/c1-4-15-29(16-5-1)33-23-14-25-37-41(33)34-21-10-12-24-36(34)49(37)38-27-32(28-40-42(38)35-22-11-13-26-39(35)50-40)45-47-43(30-17-6-2-7-18-30)46-44(48-45)31-19-8-3-9-20-31/h1-28,43H,(H,46,47,48). The first-order valence-corrected chi connectivity index (χ1v) is 17.7. The number of thiophene rings is 1. The molecule has 1 aliphatic heterocycles. The minimum atomic E-state index is -0.276. The summed E-state index contributed by atoms with van der Waals surface area (Å²) in [6.45, 7) is 0. The lowest BCUT2D eigenvalue weighted by atomic mass is 9.99. The lowest BCUT2D eigenvalue weighted by Crippen LogP contribution is -2.33. The molecule has 2 aromatic heterocycles. The van der Waals surface area contributed by atoms with Gasteiger partial charge in [0.05, 0.1) is 16.7 Å². The molecule has 4 nitrogen and oxygen atoms in total. The molecule has 0 fully saturated rings. The van der Waals surface area contributed by atoms with Gasteiger partial charge in [0, 0.05) is 42.1 Å². The Labute approximate surface area is 293 Å². The highest BCUT2D eigenvalue weighted by molar-refractivity contribution is 7.26. The Balaban J connectivity index is 1.27. The second-order valence-corrected chi connectivity index (χ2v) is 13.7. The second kappa shape index (κ2) is 11.7. The van der Waals surface area contributed by atoms with Gasteiger partial charge in [-0.25, -0.2) is 9.98 Å². The quantitative estimate of drug-likeness (QED) is 0.196. The van der Waals surface area contributed by atoms with Crippen molar-refractivity contribution in [1.82, 2.24) is 9.88 Å². The molecule has 9 aromatic rings. The summed E-state index contributed by atoms with van der Waals surface area (Å²) in [7, 11) is 0. The van der Waals surface area contributed by atoms with Crippen molar-refractivity contribution in [1.29, 1.82) is 0 Å². The first-order chi connectivity index (χ1) is 24.8. The van der Waals surface area contributed by atoms with E-state index in [0.717, 1.165) is 34.0 Å². The molecule has 1 aliphatic rings. The van der Waals surface area contributed by atoms with Crippen LogP contribution in [-0.2, 0) is 0 Å². The minimum Gasteiger partial charge on any atom is -0.344 e. The van der Waals surface area contributed by atoms with Gasteiger partial charge in [0.2, 0.25) is 0 Å². The summed E-state index contributed by atoms with van der Waals surface area (Å²) in [5, 5.41) is 8.71. The van der Waals surface area contributed by atoms with Crippen molar-refractivity contribution >= 4 is 65.0 Å². The van der Waals surface area contributed by atoms with E-state index in [2.05, 4.69) is 155 Å². The summed E-state index contributed by atoms with van der Waals surface area (Å²) in [5.41, 5.74) is 9.03. The van der Waals surface area contributed by atoms with Crippen molar-refractivity contribution in [2.75, 3.05) is 0 Å². The maximum Gasteiger partial charge on any atom is 0.159 e. The number of rotatable bonds is 5. The Hall–Kier alpha value is -6.30. The zero-order valence-electron chi connectivity index (χ0n) is 27.0. The molecule has 0 saturated carbocycles. The fraction of sp³-hybridized carbons (Fsp3) is 0.0222. The van der Waals surface area contributed by atoms with Crippen molar-refractivity contribution in [2.45, 2.75) is 6.17 Å². The highest BCUT2D eigenvalue weighted by atomic mass is 32.1. The number of nitrogens with zero attached hydrogens (tertiary/aromatic N) is 3. The van der Waals surface area contributed by atoms with Gasteiger partial charge in [0.1, 0.15) is 12.0 Å². The molecule has 0 saturated heterocycles. The molecule has 50 heavy (non-hydrogen) atoms. The van der Waals surface area contributed by atoms with Crippen LogP contribution < -0.4 is 5.32 Å². The monoisotopic (exact) mass is 658 g/mol. The van der Waals surface area contributed by atoms with Gasteiger partial charge in [-0.1, -0.05) is 140 Å². The molecule has 5 heteroatoms. The molecule has 10 rings (SSSR count). The second-order valence-electron chi connectivity index (χ2n) is 12.6. The third kappa shape index (κ3) is 4.66. The van der Waals surface area contributed by atoms with E-state index in [1.54, 1.807) is 0 Å². The van der Waals surface area contributed by atoms with E-state index in [0.29, 0.717) is 0 Å². The largest absolute Gasteiger partial charge is 0.344 e. The van der Waals surface area contributed by atoms with Gasteiger partial charge in [-0.2, -0.15) is 0 Å². The van der Waals surface area contributed by atoms with Gasteiger partial charge in [-0.05, 0) is 47.0 Å². The number of nitrogens with one attached hydrogen (secondary N) is 1. The van der Waals surface area contributed by atoms with E-state index in [1.807, 2.05) is 35.6 Å². The lowest BCUT2D eigenvalue weighted by Gasteiger charge is -2.24. The Morgan fingerprint density at radius 2 is 1.18 bits per heavy atom. The SMILES string of the molecule is c1ccc(C2=NC(c3ccccc3)NC(c3cc(-n4c5ccccc5c5c(-c6ccccc6)cccc54)c4c(c3)sc3ccccc34)=N2)cc1. The van der Waals surface area contributed by atoms with Crippen LogP contribution in [0.25, 0.3) is 58.8 Å². The highest BCUT2D eigenvalue weighted by Gasteiger charge is 2.24. The number of hydrogen-bond donors (Lipinski definition) is 1. The van der Waals surface area contributed by atoms with Gasteiger partial charge in [-0.3, -0.25) is 0 Å². The number of aromatic nitrogens is 1. The van der Waals surface area contributed by atoms with E-state index in [9.17, 15) is 0 Å². The summed E-state index contributed by atoms with van der Waals surface area (Å²) in [6.07, 6.45) is -0.276. The molecule has 0 spiro atoms. The average molecular weight is 659 g/mol. The van der Waals surface area contributed by atoms with E-state index in [1.165, 1.54) is 53.1 Å². The van der Waals surface area contributed by atoms with Gasteiger partial charge in [-0.15, -0.1) is 11.3 Å². The molecule has 1 atom stereocenters. The summed E-state index contributed by atoms with van der Waals surface area (Å²) < 4.78 is 4.94. The number of fused-ring (bicyclic) bond motifs is 6. The van der Waals surface area contributed by atoms with Crippen molar-refractivity contribution in [3.05, 3.63) is 187 Å². The van der Waals surface area contributed by atoms with E-state index >= 15 is 0 Å². The Kier molecular flexibility index (Phi) is 6.71. The van der Waals surface area contributed by atoms with E-state index in [4.69, 9.17) is 9.98 Å². The first-order valence-electron chi connectivity index (χ1n) is 16.9. The van der Waals surface area contributed by atoms with Crippen LogP contribution in [0.5, 0.6) is 0 Å². The highest BCUT2D eigenvalue weighted by Crippen LogP contribution is 2.43. The zero-order valence-corrected chi connectivity index (χ0v) is 27.8. The minimum absolute atomic E-state index is 0.276. The van der Waals surface area contributed by atoms with Gasteiger partial charge in [0.25, 0.3) is 0 Å². The van der Waals surface area contributed by atoms with Crippen LogP contribution in [0.1, 0.15) is 22.9 Å². The summed E-state index contributed by atoms with van der Waals surface area (Å²) >= 11 is 1.83. The van der Waals surface area contributed by atoms with Crippen LogP contribution in [0, 0.1) is 0 Å². The molecule has 0 amide bonds. The Morgan fingerprint density at radius 1 is 0.520 bits per heavy atom. The topological polar surface area (TPSA) is 41.7 Å². The van der Waals surface area contributed by atoms with Crippen LogP contribution in [-0.4, -0.2) is 16.2 Å². The Morgan fingerprint density at radius 3 is 1.98 bits per heavy atom. The molecule has 7 aromatic carbocycles. The van der Waals surface area contributed by atoms with Crippen molar-refractivity contribution < 1.29 is 0 Å². The molecule has 1 N–H and O–H groups in total. The number of para-hydroxylation sites is 1. The fourth-order valence-corrected chi connectivity index (χ4v) is 8.57. The Bertz CT molecular complexity index is 2780. The summed E-state index contributed by atoms with van der Waals surface area (Å²) in [6, 6.07) is 60.3. The van der Waals surface area contributed by atoms with Crippen molar-refractivity contribution in [3.8, 4) is 16.8 Å². The number of benzene rings is 7. The third-order valence-corrected chi connectivity index (χ3v) is 10.8. The van der Waals surface area contributed by atoms with Gasteiger partial charge >= 0.3 is 0 Å². The number of amidine groups is 2. The summed E-state index contributed by atoms with van der Waals surface area (Å²) in [5.74, 6) is 1.52. The van der Waals surface area contributed by atoms with Crippen LogP contribution in [0.3, 0.4) is 0 Å². The van der Waals surface area contributed by atoms with E-state index < -0.39 is 0 Å². The van der Waals surface area contributed by atoms with Crippen molar-refractivity contribution in [2.24, 2.45) is 9.98 Å². The van der Waals surface area contributed by atoms with Crippen LogP contribution in [0.2, 0.25) is 0 Å². The van der Waals surface area contributed by atoms with Crippen molar-refractivity contribution in [3.63, 3.8) is 0 Å². The van der Waals surface area contributed by atoms with Crippen LogP contribution in [0.15, 0.2) is 180 Å². The predicted octanol–water partition coefficient (Wildman–Crippen LogP) is 11.3. The number of hydrogen-bond acceptors (Lipinski definition) is 4. The van der Waals surface area contributed by atoms with E-state index in [-0.39, 0.29) is 6.17 Å². The average Bonchev–Trinajstić information content (AvgIpc) is 3.74. The normalized spacial score (nSPS) is 14.6. The zero-order chi connectivity index (χ0) is 33.0. The van der Waals surface area contributed by atoms with Crippen LogP contribution in [0.4, 0.5) is 0 Å².